The summed E-state index contributed by atoms with van der Waals surface area (Å²) in [7, 11) is 2.13. The zero-order valence-corrected chi connectivity index (χ0v) is 15.0. The first-order valence-electron chi connectivity index (χ1n) is 7.74. The molecule has 2 aromatic carbocycles. The van der Waals surface area contributed by atoms with Crippen molar-refractivity contribution in [3.05, 3.63) is 58.4 Å². The number of aliphatic imine (C=N–C) groups is 1. The third-order valence-corrected chi connectivity index (χ3v) is 5.70. The van der Waals surface area contributed by atoms with Crippen LogP contribution in [0.15, 0.2) is 35.3 Å². The highest BCUT2D eigenvalue weighted by molar-refractivity contribution is 7.47. The Hall–Kier alpha value is -1.73. The largest absolute Gasteiger partial charge is 0.507 e. The molecule has 2 unspecified atom stereocenters. The number of phenolic OH excluding ortho intramolecular Hbond substituents is 1. The van der Waals surface area contributed by atoms with Crippen LogP contribution < -0.4 is 5.30 Å². The number of nitrogens with zero attached hydrogens (tertiary/aromatic N) is 1. The minimum absolute atomic E-state index is 0.211. The topological polar surface area (TPSA) is 32.6 Å². The molecule has 0 saturated heterocycles. The van der Waals surface area contributed by atoms with Crippen LogP contribution in [0.2, 0.25) is 0 Å². The van der Waals surface area contributed by atoms with Gasteiger partial charge in [-0.25, -0.2) is 4.39 Å². The second kappa shape index (κ2) is 7.70. The minimum atomic E-state index is -0.254. The molecule has 23 heavy (non-hydrogen) atoms. The molecule has 0 aliphatic heterocycles. The third-order valence-electron chi connectivity index (χ3n) is 3.87. The van der Waals surface area contributed by atoms with Crippen molar-refractivity contribution in [2.75, 3.05) is 7.05 Å². The predicted molar refractivity (Wildman–Crippen MR) is 98.5 cm³/mol. The summed E-state index contributed by atoms with van der Waals surface area (Å²) in [5.74, 6) is 0.124. The Balaban J connectivity index is 2.41. The molecule has 0 aliphatic carbocycles. The van der Waals surface area contributed by atoms with E-state index in [1.165, 1.54) is 12.1 Å². The van der Waals surface area contributed by atoms with E-state index in [9.17, 15) is 9.50 Å². The molecule has 0 aromatic heterocycles. The number of phenols is 1. The highest BCUT2D eigenvalue weighted by atomic mass is 31.1. The molecular weight excluding hydrogens is 308 g/mol. The summed E-state index contributed by atoms with van der Waals surface area (Å²) in [6, 6.07) is 8.88. The molecule has 122 valence electrons. The lowest BCUT2D eigenvalue weighted by Crippen LogP contribution is -2.08. The molecule has 2 aromatic rings. The fraction of sp³-hybridized carbons (Fsp3) is 0.316. The maximum Gasteiger partial charge on any atom is 0.123 e. The van der Waals surface area contributed by atoms with Gasteiger partial charge < -0.3 is 5.11 Å². The van der Waals surface area contributed by atoms with E-state index in [0.717, 1.165) is 34.0 Å². The molecule has 2 atom stereocenters. The van der Waals surface area contributed by atoms with E-state index in [2.05, 4.69) is 18.0 Å². The van der Waals surface area contributed by atoms with Crippen molar-refractivity contribution in [2.24, 2.45) is 4.99 Å². The van der Waals surface area contributed by atoms with Gasteiger partial charge in [-0.3, -0.25) is 4.99 Å². The highest BCUT2D eigenvalue weighted by Gasteiger charge is 2.17. The zero-order chi connectivity index (χ0) is 17.0. The van der Waals surface area contributed by atoms with Crippen molar-refractivity contribution in [2.45, 2.75) is 32.9 Å². The summed E-state index contributed by atoms with van der Waals surface area (Å²) in [5, 5.41) is 11.5. The van der Waals surface area contributed by atoms with Gasteiger partial charge in [0.1, 0.15) is 11.6 Å². The summed E-state index contributed by atoms with van der Waals surface area (Å²) in [5.41, 5.74) is 4.05. The first kappa shape index (κ1) is 17.6. The van der Waals surface area contributed by atoms with Crippen molar-refractivity contribution in [3.63, 3.8) is 0 Å². The minimum Gasteiger partial charge on any atom is -0.507 e. The van der Waals surface area contributed by atoms with Gasteiger partial charge in [0.15, 0.2) is 0 Å². The van der Waals surface area contributed by atoms with Gasteiger partial charge in [0.2, 0.25) is 0 Å². The second-order valence-electron chi connectivity index (χ2n) is 5.74. The van der Waals surface area contributed by atoms with Crippen molar-refractivity contribution >= 4 is 20.1 Å². The number of rotatable bonds is 5. The molecule has 0 amide bonds. The van der Waals surface area contributed by atoms with Gasteiger partial charge in [-0.2, -0.15) is 0 Å². The molecule has 0 bridgehead atoms. The van der Waals surface area contributed by atoms with Crippen molar-refractivity contribution in [3.8, 4) is 5.75 Å². The lowest BCUT2D eigenvalue weighted by molar-refractivity contribution is 0.462. The Morgan fingerprint density at radius 3 is 2.65 bits per heavy atom. The van der Waals surface area contributed by atoms with Crippen LogP contribution in [0.1, 0.15) is 41.3 Å². The Kier molecular flexibility index (Phi) is 5.90. The first-order valence-corrected chi connectivity index (χ1v) is 8.82. The van der Waals surface area contributed by atoms with Gasteiger partial charge in [0.25, 0.3) is 0 Å². The van der Waals surface area contributed by atoms with E-state index < -0.39 is 0 Å². The summed E-state index contributed by atoms with van der Waals surface area (Å²) in [4.78, 5) is 4.02. The smallest absolute Gasteiger partial charge is 0.123 e. The van der Waals surface area contributed by atoms with Crippen LogP contribution in [0.5, 0.6) is 5.75 Å². The van der Waals surface area contributed by atoms with Crippen LogP contribution in [-0.2, 0) is 0 Å². The molecule has 1 N–H and O–H groups in total. The van der Waals surface area contributed by atoms with Crippen LogP contribution in [0.3, 0.4) is 0 Å². The standard InChI is InChI=1S/C19H23FNOP/c1-5-17(16-9-12(2)8-13(3)19(16)22)23-18-7-6-15(20)10-14(18)11-21-4/h6-11,17,22-23H,5H2,1-4H3. The lowest BCUT2D eigenvalue weighted by Gasteiger charge is -2.20. The van der Waals surface area contributed by atoms with Gasteiger partial charge in [0, 0.05) is 30.0 Å². The average Bonchev–Trinajstić information content (AvgIpc) is 2.51. The van der Waals surface area contributed by atoms with Crippen LogP contribution >= 0.6 is 8.58 Å². The second-order valence-corrected chi connectivity index (χ2v) is 7.27. The Morgan fingerprint density at radius 1 is 1.26 bits per heavy atom. The van der Waals surface area contributed by atoms with Crippen LogP contribution in [0.4, 0.5) is 4.39 Å². The third kappa shape index (κ3) is 4.17. The van der Waals surface area contributed by atoms with E-state index in [-0.39, 0.29) is 11.5 Å². The van der Waals surface area contributed by atoms with Crippen LogP contribution in [0.25, 0.3) is 0 Å². The molecular formula is C19H23FNOP. The number of hydrogen-bond acceptors (Lipinski definition) is 2. The fourth-order valence-electron chi connectivity index (χ4n) is 2.76. The number of aryl methyl sites for hydroxylation is 2. The van der Waals surface area contributed by atoms with Gasteiger partial charge in [-0.05, 0) is 43.3 Å². The molecule has 0 fully saturated rings. The summed E-state index contributed by atoms with van der Waals surface area (Å²) < 4.78 is 13.5. The van der Waals surface area contributed by atoms with E-state index in [4.69, 9.17) is 0 Å². The predicted octanol–water partition coefficient (Wildman–Crippen LogP) is 4.65. The number of aromatic hydroxyl groups is 1. The van der Waals surface area contributed by atoms with E-state index >= 15 is 0 Å². The monoisotopic (exact) mass is 331 g/mol. The molecule has 2 nitrogen and oxygen atoms in total. The number of benzene rings is 2. The summed E-state index contributed by atoms with van der Waals surface area (Å²) in [6.45, 7) is 6.08. The van der Waals surface area contributed by atoms with Gasteiger partial charge in [0.05, 0.1) is 0 Å². The lowest BCUT2D eigenvalue weighted by atomic mass is 10.0. The van der Waals surface area contributed by atoms with Gasteiger partial charge >= 0.3 is 0 Å². The first-order chi connectivity index (χ1) is 11.0. The Bertz CT molecular complexity index is 728. The van der Waals surface area contributed by atoms with Crippen LogP contribution in [0, 0.1) is 19.7 Å². The van der Waals surface area contributed by atoms with Crippen LogP contribution in [-0.4, -0.2) is 18.4 Å². The fourth-order valence-corrected chi connectivity index (χ4v) is 4.19. The molecule has 0 radical (unpaired) electrons. The highest BCUT2D eigenvalue weighted by Crippen LogP contribution is 2.42. The van der Waals surface area contributed by atoms with Crippen molar-refractivity contribution in [1.82, 2.24) is 0 Å². The molecule has 0 saturated carbocycles. The Morgan fingerprint density at radius 2 is 2.00 bits per heavy atom. The van der Waals surface area contributed by atoms with E-state index in [0.29, 0.717) is 14.3 Å². The van der Waals surface area contributed by atoms with Gasteiger partial charge in [-0.1, -0.05) is 39.3 Å². The van der Waals surface area contributed by atoms with Gasteiger partial charge in [-0.15, -0.1) is 0 Å². The van der Waals surface area contributed by atoms with Crippen molar-refractivity contribution in [1.29, 1.82) is 0 Å². The molecule has 0 aliphatic rings. The average molecular weight is 331 g/mol. The van der Waals surface area contributed by atoms with E-state index in [1.807, 2.05) is 26.0 Å². The molecule has 0 heterocycles. The summed E-state index contributed by atoms with van der Waals surface area (Å²) in [6.07, 6.45) is 2.61. The quantitative estimate of drug-likeness (QED) is 0.628. The zero-order valence-electron chi connectivity index (χ0n) is 14.0. The Labute approximate surface area is 139 Å². The SMILES string of the molecule is CCC(Pc1ccc(F)cc1C=NC)c1cc(C)cc(C)c1O. The maximum absolute atomic E-state index is 13.5. The van der Waals surface area contributed by atoms with Crippen molar-refractivity contribution < 1.29 is 9.50 Å². The molecule has 2 rings (SSSR count). The normalized spacial score (nSPS) is 13.3. The maximum atomic E-state index is 13.5. The molecule has 0 spiro atoms. The number of halogens is 1. The molecule has 4 heteroatoms. The number of hydrogen-bond donors (Lipinski definition) is 1. The summed E-state index contributed by atoms with van der Waals surface area (Å²) >= 11 is 0. The van der Waals surface area contributed by atoms with E-state index in [1.54, 1.807) is 13.3 Å².